The van der Waals surface area contributed by atoms with E-state index in [1.54, 1.807) is 0 Å². The number of nitrogens with two attached hydrogens (primary N) is 1. The zero-order valence-electron chi connectivity index (χ0n) is 13.1. The second-order valence-electron chi connectivity index (χ2n) is 7.01. The van der Waals surface area contributed by atoms with Crippen molar-refractivity contribution >= 4 is 0 Å². The summed E-state index contributed by atoms with van der Waals surface area (Å²) in [6.45, 7) is 9.27. The molecule has 1 unspecified atom stereocenters. The summed E-state index contributed by atoms with van der Waals surface area (Å²) in [5, 5.41) is 0. The smallest absolute Gasteiger partial charge is 0.161 e. The Morgan fingerprint density at radius 1 is 1.24 bits per heavy atom. The van der Waals surface area contributed by atoms with Crippen LogP contribution in [0.25, 0.3) is 0 Å². The van der Waals surface area contributed by atoms with E-state index in [1.165, 1.54) is 6.42 Å². The van der Waals surface area contributed by atoms with Crippen LogP contribution in [-0.4, -0.2) is 37.7 Å². The highest BCUT2D eigenvalue weighted by atomic mass is 16.5. The molecule has 2 heterocycles. The van der Waals surface area contributed by atoms with Gasteiger partial charge in [-0.2, -0.15) is 0 Å². The summed E-state index contributed by atoms with van der Waals surface area (Å²) in [5.74, 6) is 1.67. The molecule has 1 atom stereocenters. The lowest BCUT2D eigenvalue weighted by Gasteiger charge is -2.23. The van der Waals surface area contributed by atoms with Gasteiger partial charge in [-0.1, -0.05) is 19.9 Å². The lowest BCUT2D eigenvalue weighted by molar-refractivity contribution is 0.275. The van der Waals surface area contributed by atoms with E-state index < -0.39 is 0 Å². The zero-order valence-corrected chi connectivity index (χ0v) is 13.1. The molecule has 0 radical (unpaired) electrons. The first-order valence-electron chi connectivity index (χ1n) is 7.91. The first-order valence-corrected chi connectivity index (χ1v) is 7.91. The number of nitrogens with zero attached hydrogens (tertiary/aromatic N) is 1. The van der Waals surface area contributed by atoms with Crippen LogP contribution in [0.4, 0.5) is 0 Å². The van der Waals surface area contributed by atoms with Gasteiger partial charge in [0, 0.05) is 25.6 Å². The Morgan fingerprint density at radius 2 is 2.00 bits per heavy atom. The highest BCUT2D eigenvalue weighted by Gasteiger charge is 2.30. The molecule has 116 valence electrons. The Bertz CT molecular complexity index is 502. The Morgan fingerprint density at radius 3 is 2.71 bits per heavy atom. The predicted molar refractivity (Wildman–Crippen MR) is 83.8 cm³/mol. The van der Waals surface area contributed by atoms with Crippen LogP contribution < -0.4 is 15.2 Å². The molecule has 0 amide bonds. The van der Waals surface area contributed by atoms with E-state index in [4.69, 9.17) is 15.2 Å². The van der Waals surface area contributed by atoms with E-state index in [2.05, 4.69) is 24.8 Å². The fourth-order valence-corrected chi connectivity index (χ4v) is 3.17. The maximum atomic E-state index is 6.40. The molecule has 2 aliphatic heterocycles. The van der Waals surface area contributed by atoms with Crippen molar-refractivity contribution in [3.8, 4) is 11.5 Å². The lowest BCUT2D eigenvalue weighted by Crippen LogP contribution is -2.31. The number of hydrogen-bond acceptors (Lipinski definition) is 4. The minimum Gasteiger partial charge on any atom is -0.490 e. The van der Waals surface area contributed by atoms with Crippen LogP contribution in [-0.2, 0) is 0 Å². The summed E-state index contributed by atoms with van der Waals surface area (Å²) in [6, 6.07) is 6.13. The second kappa shape index (κ2) is 5.85. The van der Waals surface area contributed by atoms with Gasteiger partial charge in [-0.3, -0.25) is 0 Å². The van der Waals surface area contributed by atoms with Crippen LogP contribution in [0, 0.1) is 5.41 Å². The first-order chi connectivity index (χ1) is 10.0. The molecule has 1 aromatic carbocycles. The van der Waals surface area contributed by atoms with E-state index in [0.29, 0.717) is 12.0 Å². The number of fused-ring (bicyclic) bond motifs is 1. The van der Waals surface area contributed by atoms with Gasteiger partial charge in [-0.25, -0.2) is 0 Å². The van der Waals surface area contributed by atoms with Crippen molar-refractivity contribution in [2.75, 3.05) is 32.8 Å². The molecule has 4 nitrogen and oxygen atoms in total. The lowest BCUT2D eigenvalue weighted by atomic mass is 9.93. The molecular formula is C17H26N2O2. The monoisotopic (exact) mass is 290 g/mol. The summed E-state index contributed by atoms with van der Waals surface area (Å²) in [6.07, 6.45) is 2.18. The van der Waals surface area contributed by atoms with Crippen molar-refractivity contribution in [2.24, 2.45) is 11.1 Å². The number of ether oxygens (including phenoxy) is 2. The molecule has 3 rings (SSSR count). The van der Waals surface area contributed by atoms with Gasteiger partial charge in [0.1, 0.15) is 0 Å². The molecule has 2 aliphatic rings. The van der Waals surface area contributed by atoms with E-state index in [-0.39, 0.29) is 6.04 Å². The molecule has 2 N–H and O–H groups in total. The fourth-order valence-electron chi connectivity index (χ4n) is 3.17. The van der Waals surface area contributed by atoms with Crippen molar-refractivity contribution in [2.45, 2.75) is 32.7 Å². The highest BCUT2D eigenvalue weighted by molar-refractivity contribution is 5.44. The molecular weight excluding hydrogens is 264 g/mol. The van der Waals surface area contributed by atoms with Gasteiger partial charge < -0.3 is 20.1 Å². The van der Waals surface area contributed by atoms with Gasteiger partial charge >= 0.3 is 0 Å². The third-order valence-corrected chi connectivity index (χ3v) is 4.41. The van der Waals surface area contributed by atoms with Gasteiger partial charge in [0.2, 0.25) is 0 Å². The van der Waals surface area contributed by atoms with Crippen LogP contribution in [0.3, 0.4) is 0 Å². The maximum Gasteiger partial charge on any atom is 0.161 e. The maximum absolute atomic E-state index is 6.40. The van der Waals surface area contributed by atoms with Crippen molar-refractivity contribution < 1.29 is 9.47 Å². The van der Waals surface area contributed by atoms with E-state index in [1.807, 2.05) is 12.1 Å². The Balaban J connectivity index is 1.67. The Hall–Kier alpha value is -1.26. The summed E-state index contributed by atoms with van der Waals surface area (Å²) in [7, 11) is 0. The molecule has 4 heteroatoms. The van der Waals surface area contributed by atoms with E-state index >= 15 is 0 Å². The largest absolute Gasteiger partial charge is 0.490 e. The number of hydrogen-bond donors (Lipinski definition) is 1. The minimum atomic E-state index is 0.0241. The molecule has 0 bridgehead atoms. The standard InChI is InChI=1S/C17H26N2O2/c1-17(2)6-7-19(12-17)11-14(18)13-4-5-15-16(10-13)21-9-3-8-20-15/h4-5,10,14H,3,6-9,11-12,18H2,1-2H3. The highest BCUT2D eigenvalue weighted by Crippen LogP contribution is 2.33. The third kappa shape index (κ3) is 3.50. The molecule has 0 saturated carbocycles. The normalized spacial score (nSPS) is 22.8. The summed E-state index contributed by atoms with van der Waals surface area (Å²) >= 11 is 0. The van der Waals surface area contributed by atoms with Crippen LogP contribution in [0.15, 0.2) is 18.2 Å². The summed E-state index contributed by atoms with van der Waals surface area (Å²) < 4.78 is 11.4. The van der Waals surface area contributed by atoms with Gasteiger partial charge in [-0.15, -0.1) is 0 Å². The third-order valence-electron chi connectivity index (χ3n) is 4.41. The first kappa shape index (κ1) is 14.7. The number of rotatable bonds is 3. The second-order valence-corrected chi connectivity index (χ2v) is 7.01. The molecule has 1 fully saturated rings. The van der Waals surface area contributed by atoms with E-state index in [0.717, 1.165) is 49.7 Å². The van der Waals surface area contributed by atoms with Crippen molar-refractivity contribution in [1.29, 1.82) is 0 Å². The number of likely N-dealkylation sites (tertiary alicyclic amines) is 1. The SMILES string of the molecule is CC1(C)CCN(CC(N)c2ccc3c(c2)OCCCO3)C1. The summed E-state index contributed by atoms with van der Waals surface area (Å²) in [5.41, 5.74) is 7.95. The van der Waals surface area contributed by atoms with Gasteiger partial charge in [0.05, 0.1) is 13.2 Å². The zero-order chi connectivity index (χ0) is 14.9. The Kier molecular flexibility index (Phi) is 4.09. The average Bonchev–Trinajstić information content (AvgIpc) is 2.65. The minimum absolute atomic E-state index is 0.0241. The molecule has 1 aromatic rings. The number of benzene rings is 1. The van der Waals surface area contributed by atoms with Gasteiger partial charge in [0.15, 0.2) is 11.5 Å². The molecule has 0 spiro atoms. The van der Waals surface area contributed by atoms with Gasteiger partial charge in [0.25, 0.3) is 0 Å². The van der Waals surface area contributed by atoms with Crippen molar-refractivity contribution in [1.82, 2.24) is 4.90 Å². The van der Waals surface area contributed by atoms with Gasteiger partial charge in [-0.05, 0) is 36.1 Å². The fraction of sp³-hybridized carbons (Fsp3) is 0.647. The molecule has 21 heavy (non-hydrogen) atoms. The Labute approximate surface area is 127 Å². The van der Waals surface area contributed by atoms with Crippen LogP contribution in [0.2, 0.25) is 0 Å². The molecule has 0 aromatic heterocycles. The van der Waals surface area contributed by atoms with E-state index in [9.17, 15) is 0 Å². The van der Waals surface area contributed by atoms with Crippen molar-refractivity contribution in [3.05, 3.63) is 23.8 Å². The molecule has 1 saturated heterocycles. The van der Waals surface area contributed by atoms with Crippen molar-refractivity contribution in [3.63, 3.8) is 0 Å². The van der Waals surface area contributed by atoms with Crippen LogP contribution in [0.1, 0.15) is 38.3 Å². The molecule has 0 aliphatic carbocycles. The van der Waals surface area contributed by atoms with Crippen LogP contribution >= 0.6 is 0 Å². The summed E-state index contributed by atoms with van der Waals surface area (Å²) in [4.78, 5) is 2.47. The predicted octanol–water partition coefficient (Wildman–Crippen LogP) is 2.58. The topological polar surface area (TPSA) is 47.7 Å². The quantitative estimate of drug-likeness (QED) is 0.929. The average molecular weight is 290 g/mol. The van der Waals surface area contributed by atoms with Crippen LogP contribution in [0.5, 0.6) is 11.5 Å².